The molecule has 1 heterocycles. The Labute approximate surface area is 250 Å². The molecule has 42 heavy (non-hydrogen) atoms. The predicted molar refractivity (Wildman–Crippen MR) is 172 cm³/mol. The molecule has 0 aliphatic heterocycles. The van der Waals surface area contributed by atoms with E-state index in [-0.39, 0.29) is 22.3 Å². The van der Waals surface area contributed by atoms with Gasteiger partial charge in [-0.25, -0.2) is 9.59 Å². The lowest BCUT2D eigenvalue weighted by Crippen LogP contribution is -2.19. The van der Waals surface area contributed by atoms with Crippen LogP contribution in [0, 0.1) is 5.41 Å². The summed E-state index contributed by atoms with van der Waals surface area (Å²) in [6, 6.07) is 4.98. The maximum absolute atomic E-state index is 12.9. The first-order valence-corrected chi connectivity index (χ1v) is 15.2. The van der Waals surface area contributed by atoms with Crippen LogP contribution in [0.2, 0.25) is 0 Å². The molecule has 3 rings (SSSR count). The first-order valence-electron chi connectivity index (χ1n) is 15.2. The predicted octanol–water partition coefficient (Wildman–Crippen LogP) is 9.56. The van der Waals surface area contributed by atoms with Crippen molar-refractivity contribution in [1.82, 2.24) is 0 Å². The first kappa shape index (κ1) is 32.8. The number of Topliss-reactive ketones (excluding diaryl/α,β-unsaturated/α-hetero) is 1. The molecule has 0 radical (unpaired) electrons. The van der Waals surface area contributed by atoms with Crippen molar-refractivity contribution in [3.8, 4) is 5.75 Å². The Kier molecular flexibility index (Phi) is 11.7. The van der Waals surface area contributed by atoms with E-state index in [9.17, 15) is 14.4 Å². The SMILES string of the molecule is CCCCCCc1cc2cc(C(C)=O)c(=O)oc2cc1OC(=O)C=C(C)C=CC=C(C)C=CC1=C(C)CCCC1(C)C. The van der Waals surface area contributed by atoms with E-state index in [1.807, 2.05) is 31.2 Å². The molecule has 0 saturated heterocycles. The van der Waals surface area contributed by atoms with Crippen LogP contribution in [0.3, 0.4) is 0 Å². The van der Waals surface area contributed by atoms with Crippen LogP contribution in [0.1, 0.15) is 109 Å². The summed E-state index contributed by atoms with van der Waals surface area (Å²) in [4.78, 5) is 37.0. The van der Waals surface area contributed by atoms with Crippen molar-refractivity contribution in [2.45, 2.75) is 99.8 Å². The maximum atomic E-state index is 12.9. The molecule has 224 valence electrons. The molecular formula is C37H46O5. The van der Waals surface area contributed by atoms with Gasteiger partial charge in [0.15, 0.2) is 5.78 Å². The lowest BCUT2D eigenvalue weighted by atomic mass is 9.72. The fraction of sp³-hybridized carbons (Fsp3) is 0.432. The zero-order valence-electron chi connectivity index (χ0n) is 26.4. The van der Waals surface area contributed by atoms with Gasteiger partial charge in [-0.15, -0.1) is 0 Å². The van der Waals surface area contributed by atoms with Crippen molar-refractivity contribution in [3.63, 3.8) is 0 Å². The molecule has 0 amide bonds. The zero-order valence-corrected chi connectivity index (χ0v) is 26.4. The molecule has 1 aromatic heterocycles. The Balaban J connectivity index is 1.76. The second-order valence-electron chi connectivity index (χ2n) is 12.2. The Bertz CT molecular complexity index is 1520. The summed E-state index contributed by atoms with van der Waals surface area (Å²) in [5.41, 5.74) is 5.43. The molecular weight excluding hydrogens is 524 g/mol. The molecule has 1 aliphatic rings. The molecule has 0 spiro atoms. The zero-order chi connectivity index (χ0) is 30.9. The molecule has 2 aromatic rings. The average Bonchev–Trinajstić information content (AvgIpc) is 2.90. The van der Waals surface area contributed by atoms with Gasteiger partial charge in [0.05, 0.1) is 0 Å². The van der Waals surface area contributed by atoms with Crippen LogP contribution in [0.5, 0.6) is 5.75 Å². The van der Waals surface area contributed by atoms with Crippen molar-refractivity contribution in [3.05, 3.63) is 98.5 Å². The minimum Gasteiger partial charge on any atom is -0.423 e. The minimum atomic E-state index is -0.698. The van der Waals surface area contributed by atoms with Gasteiger partial charge >= 0.3 is 11.6 Å². The lowest BCUT2D eigenvalue weighted by Gasteiger charge is -2.32. The van der Waals surface area contributed by atoms with Gasteiger partial charge in [-0.05, 0) is 94.1 Å². The van der Waals surface area contributed by atoms with Crippen molar-refractivity contribution < 1.29 is 18.7 Å². The number of rotatable bonds is 12. The molecule has 0 bridgehead atoms. The summed E-state index contributed by atoms with van der Waals surface area (Å²) in [6.07, 6.45) is 20.3. The second-order valence-corrected chi connectivity index (χ2v) is 12.2. The maximum Gasteiger partial charge on any atom is 0.347 e. The number of allylic oxidation sites excluding steroid dienone is 9. The van der Waals surface area contributed by atoms with Gasteiger partial charge in [0, 0.05) is 17.5 Å². The number of hydrogen-bond donors (Lipinski definition) is 0. The molecule has 0 N–H and O–H groups in total. The number of benzene rings is 1. The standard InChI is InChI=1S/C37H46O5/c1-8-9-10-11-17-29-22-30-23-31(28(5)38)36(40)42-34(30)24-33(29)41-35(39)21-26(3)15-12-14-25(2)18-19-32-27(4)16-13-20-37(32,6)7/h12,14-15,18-19,21-24H,8-11,13,16-17,20H2,1-7H3. The van der Waals surface area contributed by atoms with E-state index in [0.29, 0.717) is 17.6 Å². The number of ketones is 1. The third-order valence-corrected chi connectivity index (χ3v) is 7.92. The second kappa shape index (κ2) is 14.9. The van der Waals surface area contributed by atoms with Crippen LogP contribution in [0.15, 0.2) is 86.2 Å². The van der Waals surface area contributed by atoms with E-state index in [4.69, 9.17) is 9.15 Å². The summed E-state index contributed by atoms with van der Waals surface area (Å²) in [5, 5.41) is 0.634. The van der Waals surface area contributed by atoms with Crippen LogP contribution in [-0.2, 0) is 11.2 Å². The first-order chi connectivity index (χ1) is 19.9. The van der Waals surface area contributed by atoms with Crippen molar-refractivity contribution in [1.29, 1.82) is 0 Å². The van der Waals surface area contributed by atoms with Crippen LogP contribution in [-0.4, -0.2) is 11.8 Å². The van der Waals surface area contributed by atoms with E-state index in [1.165, 1.54) is 43.4 Å². The molecule has 5 heteroatoms. The summed E-state index contributed by atoms with van der Waals surface area (Å²) >= 11 is 0. The quantitative estimate of drug-likeness (QED) is 0.0483. The number of unbranched alkanes of at least 4 members (excludes halogenated alkanes) is 3. The summed E-state index contributed by atoms with van der Waals surface area (Å²) < 4.78 is 11.1. The number of aryl methyl sites for hydroxylation is 1. The number of fused-ring (bicyclic) bond motifs is 1. The molecule has 0 saturated carbocycles. The highest BCUT2D eigenvalue weighted by molar-refractivity contribution is 5.97. The van der Waals surface area contributed by atoms with E-state index in [0.717, 1.165) is 42.4 Å². The van der Waals surface area contributed by atoms with Gasteiger partial charge < -0.3 is 9.15 Å². The van der Waals surface area contributed by atoms with Crippen LogP contribution in [0.25, 0.3) is 11.0 Å². The highest BCUT2D eigenvalue weighted by Crippen LogP contribution is 2.40. The topological polar surface area (TPSA) is 73.6 Å². The Morgan fingerprint density at radius 1 is 1.02 bits per heavy atom. The molecule has 0 unspecified atom stereocenters. The lowest BCUT2D eigenvalue weighted by molar-refractivity contribution is -0.129. The monoisotopic (exact) mass is 570 g/mol. The normalized spacial score (nSPS) is 16.2. The van der Waals surface area contributed by atoms with E-state index >= 15 is 0 Å². The average molecular weight is 571 g/mol. The summed E-state index contributed by atoms with van der Waals surface area (Å²) in [7, 11) is 0. The Morgan fingerprint density at radius 3 is 2.48 bits per heavy atom. The van der Waals surface area contributed by atoms with E-state index in [1.54, 1.807) is 12.1 Å². The van der Waals surface area contributed by atoms with Gasteiger partial charge in [-0.3, -0.25) is 4.79 Å². The number of carbonyl (C=O) groups excluding carboxylic acids is 2. The molecule has 1 aliphatic carbocycles. The highest BCUT2D eigenvalue weighted by atomic mass is 16.5. The fourth-order valence-corrected chi connectivity index (χ4v) is 5.48. The van der Waals surface area contributed by atoms with Gasteiger partial charge in [-0.2, -0.15) is 0 Å². The van der Waals surface area contributed by atoms with Crippen LogP contribution in [0.4, 0.5) is 0 Å². The van der Waals surface area contributed by atoms with Crippen LogP contribution < -0.4 is 10.4 Å². The number of esters is 1. The van der Waals surface area contributed by atoms with Crippen molar-refractivity contribution >= 4 is 22.7 Å². The third-order valence-electron chi connectivity index (χ3n) is 7.92. The molecule has 1 aromatic carbocycles. The summed E-state index contributed by atoms with van der Waals surface area (Å²) in [5.74, 6) is -0.482. The fourth-order valence-electron chi connectivity index (χ4n) is 5.48. The Hall–Kier alpha value is -3.73. The highest BCUT2D eigenvalue weighted by Gasteiger charge is 2.26. The van der Waals surface area contributed by atoms with Gasteiger partial charge in [0.25, 0.3) is 0 Å². The number of ether oxygens (including phenoxy) is 1. The largest absolute Gasteiger partial charge is 0.423 e. The smallest absolute Gasteiger partial charge is 0.347 e. The van der Waals surface area contributed by atoms with Crippen molar-refractivity contribution in [2.24, 2.45) is 5.41 Å². The van der Waals surface area contributed by atoms with Crippen molar-refractivity contribution in [2.75, 3.05) is 0 Å². The third kappa shape index (κ3) is 9.14. The van der Waals surface area contributed by atoms with Gasteiger partial charge in [0.2, 0.25) is 0 Å². The molecule has 5 nitrogen and oxygen atoms in total. The van der Waals surface area contributed by atoms with E-state index in [2.05, 4.69) is 46.8 Å². The molecule has 0 atom stereocenters. The minimum absolute atomic E-state index is 0.0133. The summed E-state index contributed by atoms with van der Waals surface area (Å²) in [6.45, 7) is 14.3. The van der Waals surface area contributed by atoms with Gasteiger partial charge in [-0.1, -0.05) is 81.6 Å². The Morgan fingerprint density at radius 2 is 1.79 bits per heavy atom. The molecule has 0 fully saturated rings. The van der Waals surface area contributed by atoms with Gasteiger partial charge in [0.1, 0.15) is 16.9 Å². The van der Waals surface area contributed by atoms with Crippen LogP contribution >= 0.6 is 0 Å². The number of carbonyl (C=O) groups is 2. The number of hydrogen-bond acceptors (Lipinski definition) is 5. The van der Waals surface area contributed by atoms with E-state index < -0.39 is 11.6 Å².